The standard InChI is InChI=1S/C59H84O2S/c1-7-11-15-19-23-27-35-59(36-28-24-20-16-12-8-2)53-39-45(5)31-33-48(53)49-34-32-47(41-54(49)59)50-44-58-52(43-56(50)61-38-30-26-22-18-14-10-4)51-42-55(46(6)40-57(51)62-58)60-37-29-25-21-17-13-9-3/h31-34,39-44H,7-30,35-38H2,1-6H3. The summed E-state index contributed by atoms with van der Waals surface area (Å²) in [7, 11) is 0. The lowest BCUT2D eigenvalue weighted by Gasteiger charge is -2.33. The molecule has 2 nitrogen and oxygen atoms in total. The Bertz CT molecular complexity index is 2090. The first-order chi connectivity index (χ1) is 30.4. The molecule has 62 heavy (non-hydrogen) atoms. The number of thiophene rings is 1. The number of benzene rings is 4. The molecule has 5 aromatic rings. The molecule has 1 aromatic heterocycles. The summed E-state index contributed by atoms with van der Waals surface area (Å²) in [6.45, 7) is 15.3. The van der Waals surface area contributed by atoms with Gasteiger partial charge in [-0.2, -0.15) is 0 Å². The van der Waals surface area contributed by atoms with Gasteiger partial charge in [-0.05, 0) is 103 Å². The van der Waals surface area contributed by atoms with E-state index in [0.29, 0.717) is 0 Å². The zero-order chi connectivity index (χ0) is 43.6. The highest BCUT2D eigenvalue weighted by atomic mass is 32.1. The average molecular weight is 857 g/mol. The Morgan fingerprint density at radius 2 is 0.871 bits per heavy atom. The van der Waals surface area contributed by atoms with Crippen LogP contribution >= 0.6 is 11.3 Å². The minimum atomic E-state index is 0.0485. The minimum absolute atomic E-state index is 0.0485. The van der Waals surface area contributed by atoms with Crippen LogP contribution in [0.2, 0.25) is 0 Å². The molecule has 0 unspecified atom stereocenters. The normalized spacial score (nSPS) is 13.0. The summed E-state index contributed by atoms with van der Waals surface area (Å²) < 4.78 is 16.1. The smallest absolute Gasteiger partial charge is 0.127 e. The highest BCUT2D eigenvalue weighted by molar-refractivity contribution is 7.25. The van der Waals surface area contributed by atoms with E-state index in [0.717, 1.165) is 37.6 Å². The maximum Gasteiger partial charge on any atom is 0.127 e. The van der Waals surface area contributed by atoms with Gasteiger partial charge in [0.1, 0.15) is 11.5 Å². The summed E-state index contributed by atoms with van der Waals surface area (Å²) >= 11 is 1.92. The van der Waals surface area contributed by atoms with Gasteiger partial charge in [-0.3, -0.25) is 0 Å². The Kier molecular flexibility index (Phi) is 19.6. The van der Waals surface area contributed by atoms with E-state index in [1.54, 1.807) is 11.1 Å². The summed E-state index contributed by atoms with van der Waals surface area (Å²) in [6, 6.07) is 24.4. The number of ether oxygens (including phenoxy) is 2. The topological polar surface area (TPSA) is 18.5 Å². The minimum Gasteiger partial charge on any atom is -0.493 e. The number of hydrogen-bond acceptors (Lipinski definition) is 3. The fourth-order valence-corrected chi connectivity index (χ4v) is 11.6. The van der Waals surface area contributed by atoms with Crippen molar-refractivity contribution in [1.82, 2.24) is 0 Å². The Balaban J connectivity index is 1.37. The van der Waals surface area contributed by atoms with Crippen LogP contribution in [-0.2, 0) is 5.41 Å². The van der Waals surface area contributed by atoms with E-state index in [4.69, 9.17) is 9.47 Å². The Morgan fingerprint density at radius 3 is 1.44 bits per heavy atom. The van der Waals surface area contributed by atoms with Gasteiger partial charge in [0.2, 0.25) is 0 Å². The maximum atomic E-state index is 6.94. The van der Waals surface area contributed by atoms with Gasteiger partial charge in [-0.1, -0.05) is 205 Å². The average Bonchev–Trinajstić information content (AvgIpc) is 3.75. The summed E-state index contributed by atoms with van der Waals surface area (Å²) in [5, 5.41) is 2.59. The third-order valence-corrected chi connectivity index (χ3v) is 15.2. The molecule has 1 aliphatic carbocycles. The van der Waals surface area contributed by atoms with Crippen molar-refractivity contribution in [3.63, 3.8) is 0 Å². The van der Waals surface area contributed by atoms with E-state index in [1.165, 1.54) is 208 Å². The molecule has 0 radical (unpaired) electrons. The van der Waals surface area contributed by atoms with Crippen LogP contribution in [-0.4, -0.2) is 13.2 Å². The molecule has 4 aromatic carbocycles. The Labute approximate surface area is 383 Å². The molecule has 1 heterocycles. The molecule has 6 rings (SSSR count). The fraction of sp³-hybridized carbons (Fsp3) is 0.593. The molecule has 3 heteroatoms. The van der Waals surface area contributed by atoms with Gasteiger partial charge in [0.05, 0.1) is 13.2 Å². The zero-order valence-corrected chi connectivity index (χ0v) is 41.1. The lowest BCUT2D eigenvalue weighted by atomic mass is 9.70. The van der Waals surface area contributed by atoms with E-state index in [-0.39, 0.29) is 5.41 Å². The highest BCUT2D eigenvalue weighted by Crippen LogP contribution is 2.56. The van der Waals surface area contributed by atoms with Crippen molar-refractivity contribution in [2.75, 3.05) is 13.2 Å². The molecule has 0 amide bonds. The summed E-state index contributed by atoms with van der Waals surface area (Å²) in [5.74, 6) is 2.06. The van der Waals surface area contributed by atoms with Crippen LogP contribution in [0.15, 0.2) is 60.7 Å². The molecule has 338 valence electrons. The third-order valence-electron chi connectivity index (χ3n) is 14.1. The molecule has 0 bridgehead atoms. The summed E-state index contributed by atoms with van der Waals surface area (Å²) in [6.07, 6.45) is 33.7. The number of unbranched alkanes of at least 4 members (excludes halogenated alkanes) is 20. The Hall–Kier alpha value is -3.30. The second-order valence-corrected chi connectivity index (χ2v) is 20.3. The van der Waals surface area contributed by atoms with Crippen LogP contribution < -0.4 is 9.47 Å². The van der Waals surface area contributed by atoms with Crippen molar-refractivity contribution < 1.29 is 9.47 Å². The van der Waals surface area contributed by atoms with E-state index in [2.05, 4.69) is 102 Å². The van der Waals surface area contributed by atoms with E-state index < -0.39 is 0 Å². The second-order valence-electron chi connectivity index (χ2n) is 19.2. The largest absolute Gasteiger partial charge is 0.493 e. The van der Waals surface area contributed by atoms with Gasteiger partial charge in [0.25, 0.3) is 0 Å². The number of rotatable bonds is 31. The molecule has 0 saturated heterocycles. The van der Waals surface area contributed by atoms with Crippen molar-refractivity contribution in [2.45, 2.75) is 214 Å². The van der Waals surface area contributed by atoms with Crippen molar-refractivity contribution in [1.29, 1.82) is 0 Å². The van der Waals surface area contributed by atoms with Crippen molar-refractivity contribution >= 4 is 31.5 Å². The SMILES string of the molecule is CCCCCCCCOc1cc2c(cc1C)sc1cc(-c3ccc4c(c3)C(CCCCCCCC)(CCCCCCCC)c3cc(C)ccc3-4)c(OCCCCCCCC)cc12. The number of hydrogen-bond donors (Lipinski definition) is 0. The van der Waals surface area contributed by atoms with Gasteiger partial charge >= 0.3 is 0 Å². The molecule has 0 saturated carbocycles. The first kappa shape index (κ1) is 48.2. The first-order valence-electron chi connectivity index (χ1n) is 26.0. The van der Waals surface area contributed by atoms with E-state index >= 15 is 0 Å². The molecule has 1 aliphatic rings. The summed E-state index contributed by atoms with van der Waals surface area (Å²) in [5.41, 5.74) is 11.3. The lowest BCUT2D eigenvalue weighted by molar-refractivity contribution is 0.303. The highest BCUT2D eigenvalue weighted by Gasteiger charge is 2.42. The van der Waals surface area contributed by atoms with Crippen LogP contribution in [0.5, 0.6) is 11.5 Å². The Morgan fingerprint density at radius 1 is 0.419 bits per heavy atom. The van der Waals surface area contributed by atoms with Gasteiger partial charge in [-0.15, -0.1) is 11.3 Å². The molecule has 0 fully saturated rings. The summed E-state index contributed by atoms with van der Waals surface area (Å²) in [4.78, 5) is 0. The molecule has 0 atom stereocenters. The van der Waals surface area contributed by atoms with Crippen LogP contribution in [0.3, 0.4) is 0 Å². The number of aryl methyl sites for hydroxylation is 2. The van der Waals surface area contributed by atoms with Crippen molar-refractivity contribution in [2.24, 2.45) is 0 Å². The van der Waals surface area contributed by atoms with Crippen LogP contribution in [0.1, 0.15) is 217 Å². The quantitative estimate of drug-likeness (QED) is 0.0414. The number of fused-ring (bicyclic) bond motifs is 6. The van der Waals surface area contributed by atoms with Gasteiger partial charge in [0, 0.05) is 31.2 Å². The molecule has 0 spiro atoms. The van der Waals surface area contributed by atoms with E-state index in [9.17, 15) is 0 Å². The van der Waals surface area contributed by atoms with Crippen molar-refractivity contribution in [3.8, 4) is 33.8 Å². The van der Waals surface area contributed by atoms with Gasteiger partial charge in [0.15, 0.2) is 0 Å². The van der Waals surface area contributed by atoms with Gasteiger partial charge in [-0.25, -0.2) is 0 Å². The molecular weight excluding hydrogens is 773 g/mol. The third kappa shape index (κ3) is 12.5. The fourth-order valence-electron chi connectivity index (χ4n) is 10.4. The predicted octanol–water partition coefficient (Wildman–Crippen LogP) is 19.6. The van der Waals surface area contributed by atoms with Crippen LogP contribution in [0, 0.1) is 13.8 Å². The first-order valence-corrected chi connectivity index (χ1v) is 26.8. The van der Waals surface area contributed by atoms with Crippen LogP contribution in [0.25, 0.3) is 42.4 Å². The van der Waals surface area contributed by atoms with Gasteiger partial charge < -0.3 is 9.47 Å². The predicted molar refractivity (Wildman–Crippen MR) is 274 cm³/mol. The second kappa shape index (κ2) is 25.3. The van der Waals surface area contributed by atoms with Crippen molar-refractivity contribution in [3.05, 3.63) is 82.9 Å². The monoisotopic (exact) mass is 857 g/mol. The maximum absolute atomic E-state index is 6.94. The van der Waals surface area contributed by atoms with E-state index in [1.807, 2.05) is 11.3 Å². The van der Waals surface area contributed by atoms with Crippen LogP contribution in [0.4, 0.5) is 0 Å². The molecule has 0 N–H and O–H groups in total. The molecular formula is C59H84O2S. The molecule has 0 aliphatic heterocycles. The lowest BCUT2D eigenvalue weighted by Crippen LogP contribution is -2.25. The zero-order valence-electron chi connectivity index (χ0n) is 40.3.